The lowest BCUT2D eigenvalue weighted by atomic mass is 9.88. The standard InChI is InChI=1S/C18H18O2Si/c1-21(2,3)18-10-5-4-6-12-15(10)11(9-19-12)16-13-7-8-14(20-13)17(16)18/h4-8,13-14H,9H2,1-3H3. The second kappa shape index (κ2) is 3.60. The fourth-order valence-corrected chi connectivity index (χ4v) is 6.36. The number of rotatable bonds is 1. The van der Waals surface area contributed by atoms with E-state index in [1.807, 2.05) is 0 Å². The molecule has 3 aliphatic heterocycles. The van der Waals surface area contributed by atoms with Crippen LogP contribution < -0.4 is 9.92 Å². The summed E-state index contributed by atoms with van der Waals surface area (Å²) in [5.74, 6) is 1.05. The molecule has 0 spiro atoms. The fourth-order valence-electron chi connectivity index (χ4n) is 4.26. The SMILES string of the molecule is C[Si](C)(C)c1c2c(c3c4c(cccc14)OC3)C1C=CC2O1. The minimum Gasteiger partial charge on any atom is -0.488 e. The molecule has 0 aliphatic carbocycles. The first-order chi connectivity index (χ1) is 10.1. The molecule has 2 unspecified atom stereocenters. The van der Waals surface area contributed by atoms with E-state index in [0.717, 1.165) is 5.75 Å². The van der Waals surface area contributed by atoms with Crippen molar-refractivity contribution >= 4 is 24.0 Å². The van der Waals surface area contributed by atoms with Gasteiger partial charge in [-0.2, -0.15) is 0 Å². The third-order valence-electron chi connectivity index (χ3n) is 4.93. The van der Waals surface area contributed by atoms with E-state index in [9.17, 15) is 0 Å². The van der Waals surface area contributed by atoms with Crippen LogP contribution in [0, 0.1) is 0 Å². The van der Waals surface area contributed by atoms with Gasteiger partial charge in [-0.15, -0.1) is 0 Å². The van der Waals surface area contributed by atoms with E-state index in [4.69, 9.17) is 9.47 Å². The van der Waals surface area contributed by atoms with Crippen molar-refractivity contribution in [2.45, 2.75) is 38.5 Å². The van der Waals surface area contributed by atoms with Crippen molar-refractivity contribution in [1.82, 2.24) is 0 Å². The van der Waals surface area contributed by atoms with Crippen LogP contribution in [-0.4, -0.2) is 8.07 Å². The molecule has 3 aliphatic rings. The highest BCUT2D eigenvalue weighted by Gasteiger charge is 2.42. The van der Waals surface area contributed by atoms with Gasteiger partial charge in [0.25, 0.3) is 0 Å². The maximum absolute atomic E-state index is 6.17. The zero-order valence-corrected chi connectivity index (χ0v) is 13.6. The molecule has 2 aromatic rings. The fraction of sp³-hybridized carbons (Fsp3) is 0.333. The summed E-state index contributed by atoms with van der Waals surface area (Å²) in [5, 5.41) is 4.32. The highest BCUT2D eigenvalue weighted by Crippen LogP contribution is 2.51. The molecule has 0 radical (unpaired) electrons. The minimum absolute atomic E-state index is 0.147. The third-order valence-corrected chi connectivity index (χ3v) is 6.97. The van der Waals surface area contributed by atoms with Crippen molar-refractivity contribution in [2.24, 2.45) is 0 Å². The van der Waals surface area contributed by atoms with E-state index in [1.165, 1.54) is 27.5 Å². The van der Waals surface area contributed by atoms with Crippen molar-refractivity contribution in [1.29, 1.82) is 0 Å². The van der Waals surface area contributed by atoms with Gasteiger partial charge in [0, 0.05) is 10.9 Å². The molecule has 0 N–H and O–H groups in total. The second-order valence-corrected chi connectivity index (χ2v) is 12.3. The minimum atomic E-state index is -1.48. The summed E-state index contributed by atoms with van der Waals surface area (Å²) in [7, 11) is -1.48. The molecule has 5 rings (SSSR count). The van der Waals surface area contributed by atoms with Gasteiger partial charge in [-0.25, -0.2) is 0 Å². The molecular formula is C18H18O2Si. The van der Waals surface area contributed by atoms with Crippen LogP contribution in [-0.2, 0) is 11.3 Å². The molecule has 0 fully saturated rings. The molecule has 21 heavy (non-hydrogen) atoms. The van der Waals surface area contributed by atoms with Crippen LogP contribution in [0.5, 0.6) is 5.75 Å². The van der Waals surface area contributed by atoms with E-state index in [-0.39, 0.29) is 12.2 Å². The monoisotopic (exact) mass is 294 g/mol. The zero-order valence-electron chi connectivity index (χ0n) is 12.6. The molecule has 3 heteroatoms. The van der Waals surface area contributed by atoms with E-state index >= 15 is 0 Å². The molecule has 0 aromatic heterocycles. The first kappa shape index (κ1) is 12.0. The first-order valence-electron chi connectivity index (χ1n) is 7.64. The quantitative estimate of drug-likeness (QED) is 0.585. The Kier molecular flexibility index (Phi) is 2.06. The van der Waals surface area contributed by atoms with E-state index in [0.29, 0.717) is 6.61 Å². The van der Waals surface area contributed by atoms with Crippen molar-refractivity contribution < 1.29 is 9.47 Å². The van der Waals surface area contributed by atoms with Gasteiger partial charge in [0.05, 0.1) is 8.07 Å². The van der Waals surface area contributed by atoms with E-state index in [2.05, 4.69) is 50.0 Å². The lowest BCUT2D eigenvalue weighted by Crippen LogP contribution is -2.41. The smallest absolute Gasteiger partial charge is 0.128 e. The molecule has 0 saturated carbocycles. The molecule has 0 saturated heterocycles. The van der Waals surface area contributed by atoms with Crippen LogP contribution in [0.3, 0.4) is 0 Å². The molecule has 2 aromatic carbocycles. The average Bonchev–Trinajstić information content (AvgIpc) is 3.12. The van der Waals surface area contributed by atoms with Gasteiger partial charge in [0.2, 0.25) is 0 Å². The number of benzene rings is 2. The van der Waals surface area contributed by atoms with Crippen LogP contribution in [0.2, 0.25) is 19.6 Å². The van der Waals surface area contributed by atoms with E-state index in [1.54, 1.807) is 5.19 Å². The Labute approximate surface area is 125 Å². The summed E-state index contributed by atoms with van der Waals surface area (Å²) in [4.78, 5) is 0. The van der Waals surface area contributed by atoms with Gasteiger partial charge in [0.1, 0.15) is 24.6 Å². The normalized spacial score (nSPS) is 24.7. The van der Waals surface area contributed by atoms with Crippen molar-refractivity contribution in [3.8, 4) is 5.75 Å². The highest BCUT2D eigenvalue weighted by molar-refractivity contribution is 6.90. The van der Waals surface area contributed by atoms with Crippen LogP contribution in [0.25, 0.3) is 10.8 Å². The van der Waals surface area contributed by atoms with Crippen molar-refractivity contribution in [3.05, 3.63) is 47.0 Å². The number of ether oxygens (including phenoxy) is 2. The Balaban J connectivity index is 2.02. The summed E-state index contributed by atoms with van der Waals surface area (Å²) < 4.78 is 12.1. The maximum Gasteiger partial charge on any atom is 0.128 e. The van der Waals surface area contributed by atoms with Crippen LogP contribution in [0.1, 0.15) is 28.9 Å². The summed E-state index contributed by atoms with van der Waals surface area (Å²) in [6.07, 6.45) is 4.75. The average molecular weight is 294 g/mol. The predicted octanol–water partition coefficient (Wildman–Crippen LogP) is 3.96. The summed E-state index contributed by atoms with van der Waals surface area (Å²) >= 11 is 0. The lowest BCUT2D eigenvalue weighted by molar-refractivity contribution is 0.0876. The van der Waals surface area contributed by atoms with Gasteiger partial charge in [-0.1, -0.05) is 43.9 Å². The predicted molar refractivity (Wildman–Crippen MR) is 87.0 cm³/mol. The van der Waals surface area contributed by atoms with Gasteiger partial charge in [-0.05, 0) is 27.8 Å². The highest BCUT2D eigenvalue weighted by atomic mass is 28.3. The van der Waals surface area contributed by atoms with Crippen molar-refractivity contribution in [3.63, 3.8) is 0 Å². The molecule has 106 valence electrons. The number of hydrogen-bond acceptors (Lipinski definition) is 2. The van der Waals surface area contributed by atoms with E-state index < -0.39 is 8.07 Å². The Morgan fingerprint density at radius 3 is 2.57 bits per heavy atom. The Morgan fingerprint density at radius 2 is 1.81 bits per heavy atom. The Morgan fingerprint density at radius 1 is 1.05 bits per heavy atom. The summed E-state index contributed by atoms with van der Waals surface area (Å²) in [6, 6.07) is 6.51. The van der Waals surface area contributed by atoms with Crippen LogP contribution in [0.15, 0.2) is 30.4 Å². The van der Waals surface area contributed by atoms with Gasteiger partial charge in [-0.3, -0.25) is 0 Å². The van der Waals surface area contributed by atoms with Gasteiger partial charge < -0.3 is 9.47 Å². The Hall–Kier alpha value is -1.58. The summed E-state index contributed by atoms with van der Waals surface area (Å²) in [6.45, 7) is 8.00. The van der Waals surface area contributed by atoms with Crippen LogP contribution >= 0.6 is 0 Å². The Bertz CT molecular complexity index is 829. The van der Waals surface area contributed by atoms with Crippen molar-refractivity contribution in [2.75, 3.05) is 0 Å². The zero-order chi connectivity index (χ0) is 14.4. The second-order valence-electron chi connectivity index (χ2n) is 7.26. The topological polar surface area (TPSA) is 18.5 Å². The first-order valence-corrected chi connectivity index (χ1v) is 11.1. The third kappa shape index (κ3) is 1.36. The largest absolute Gasteiger partial charge is 0.488 e. The maximum atomic E-state index is 6.17. The van der Waals surface area contributed by atoms with Gasteiger partial charge >= 0.3 is 0 Å². The lowest BCUT2D eigenvalue weighted by Gasteiger charge is -2.26. The number of fused-ring (bicyclic) bond motifs is 6. The molecule has 3 heterocycles. The molecule has 2 nitrogen and oxygen atoms in total. The van der Waals surface area contributed by atoms with Gasteiger partial charge in [0.15, 0.2) is 0 Å². The molecule has 0 amide bonds. The molecular weight excluding hydrogens is 276 g/mol. The molecule has 2 bridgehead atoms. The number of hydrogen-bond donors (Lipinski definition) is 0. The summed E-state index contributed by atoms with van der Waals surface area (Å²) in [5.41, 5.74) is 4.25. The molecule has 2 atom stereocenters. The van der Waals surface area contributed by atoms with Crippen LogP contribution in [0.4, 0.5) is 0 Å².